The second-order valence-electron chi connectivity index (χ2n) is 5.03. The maximum absolute atomic E-state index is 13.0. The Kier molecular flexibility index (Phi) is 4.13. The van der Waals surface area contributed by atoms with Crippen LogP contribution >= 0.6 is 0 Å². The topological polar surface area (TPSA) is 77.8 Å². The lowest BCUT2D eigenvalue weighted by Gasteiger charge is -2.12. The fraction of sp³-hybridized carbons (Fsp3) is 0.200. The molecule has 2 aromatic heterocycles. The van der Waals surface area contributed by atoms with Crippen LogP contribution in [-0.4, -0.2) is 30.8 Å². The molecule has 0 radical (unpaired) electrons. The Morgan fingerprint density at radius 3 is 2.61 bits per heavy atom. The number of hydrogen-bond donors (Lipinski definition) is 1. The lowest BCUT2D eigenvalue weighted by Crippen LogP contribution is -2.10. The molecule has 0 saturated carbocycles. The number of nitrogens with one attached hydrogen (secondary N) is 1. The normalized spacial score (nSPS) is 10.8. The van der Waals surface area contributed by atoms with Gasteiger partial charge in [0.25, 0.3) is 0 Å². The summed E-state index contributed by atoms with van der Waals surface area (Å²) >= 11 is 0. The van der Waals surface area contributed by atoms with Crippen molar-refractivity contribution in [3.05, 3.63) is 48.8 Å². The first-order chi connectivity index (χ1) is 11.1. The molecule has 0 fully saturated rings. The molecule has 118 valence electrons. The van der Waals surface area contributed by atoms with Crippen LogP contribution < -0.4 is 10.1 Å². The molecular weight excluding hydrogens is 299 g/mol. The average molecular weight is 314 g/mol. The fourth-order valence-corrected chi connectivity index (χ4v) is 1.88. The van der Waals surface area contributed by atoms with Gasteiger partial charge in [-0.1, -0.05) is 0 Å². The van der Waals surface area contributed by atoms with Gasteiger partial charge in [0.15, 0.2) is 5.82 Å². The molecular formula is C15H15FN6O. The Morgan fingerprint density at radius 2 is 1.96 bits per heavy atom. The predicted octanol–water partition coefficient (Wildman–Crippen LogP) is 2.73. The molecule has 0 aliphatic carbocycles. The monoisotopic (exact) mass is 314 g/mol. The third kappa shape index (κ3) is 3.79. The second kappa shape index (κ2) is 6.39. The SMILES string of the molecule is CC(C)Oc1cc(-n2cncn2)nc(Nc2ccc(F)cc2)n1. The molecule has 7 nitrogen and oxygen atoms in total. The highest BCUT2D eigenvalue weighted by molar-refractivity contribution is 5.54. The molecule has 0 spiro atoms. The summed E-state index contributed by atoms with van der Waals surface area (Å²) in [7, 11) is 0. The third-order valence-corrected chi connectivity index (χ3v) is 2.80. The van der Waals surface area contributed by atoms with Crippen LogP contribution in [0.15, 0.2) is 43.0 Å². The van der Waals surface area contributed by atoms with Crippen LogP contribution in [0.25, 0.3) is 5.82 Å². The highest BCUT2D eigenvalue weighted by Gasteiger charge is 2.10. The van der Waals surface area contributed by atoms with Gasteiger partial charge in [0.2, 0.25) is 11.8 Å². The zero-order chi connectivity index (χ0) is 16.2. The van der Waals surface area contributed by atoms with Crippen LogP contribution in [0.1, 0.15) is 13.8 Å². The van der Waals surface area contributed by atoms with Gasteiger partial charge in [0.1, 0.15) is 18.5 Å². The van der Waals surface area contributed by atoms with Crippen LogP contribution in [0.4, 0.5) is 16.0 Å². The van der Waals surface area contributed by atoms with Gasteiger partial charge in [-0.15, -0.1) is 0 Å². The maximum Gasteiger partial charge on any atom is 0.232 e. The molecule has 0 amide bonds. The summed E-state index contributed by atoms with van der Waals surface area (Å²) in [6, 6.07) is 7.59. The molecule has 8 heteroatoms. The van der Waals surface area contributed by atoms with Gasteiger partial charge in [-0.2, -0.15) is 15.1 Å². The van der Waals surface area contributed by atoms with E-state index in [4.69, 9.17) is 4.74 Å². The smallest absolute Gasteiger partial charge is 0.232 e. The van der Waals surface area contributed by atoms with Crippen LogP contribution in [0.3, 0.4) is 0 Å². The Bertz CT molecular complexity index is 773. The molecule has 0 aliphatic heterocycles. The first kappa shape index (κ1) is 14.9. The van der Waals surface area contributed by atoms with Crippen LogP contribution in [-0.2, 0) is 0 Å². The van der Waals surface area contributed by atoms with Gasteiger partial charge >= 0.3 is 0 Å². The van der Waals surface area contributed by atoms with Crippen LogP contribution in [0, 0.1) is 5.82 Å². The molecule has 2 heterocycles. The van der Waals surface area contributed by atoms with Crippen molar-refractivity contribution in [1.29, 1.82) is 0 Å². The number of rotatable bonds is 5. The lowest BCUT2D eigenvalue weighted by atomic mass is 10.3. The summed E-state index contributed by atoms with van der Waals surface area (Å²) < 4.78 is 20.1. The molecule has 0 saturated heterocycles. The van der Waals surface area contributed by atoms with Crippen molar-refractivity contribution in [2.75, 3.05) is 5.32 Å². The summed E-state index contributed by atoms with van der Waals surface area (Å²) in [5.74, 6) is 0.930. The molecule has 0 unspecified atom stereocenters. The van der Waals surface area contributed by atoms with E-state index in [9.17, 15) is 4.39 Å². The van der Waals surface area contributed by atoms with E-state index < -0.39 is 0 Å². The van der Waals surface area contributed by atoms with E-state index in [1.165, 1.54) is 29.5 Å². The Morgan fingerprint density at radius 1 is 1.17 bits per heavy atom. The molecule has 1 aromatic carbocycles. The molecule has 23 heavy (non-hydrogen) atoms. The summed E-state index contributed by atoms with van der Waals surface area (Å²) in [4.78, 5) is 12.6. The minimum absolute atomic E-state index is 0.0350. The van der Waals surface area contributed by atoms with E-state index in [1.54, 1.807) is 18.2 Å². The van der Waals surface area contributed by atoms with E-state index in [2.05, 4.69) is 25.4 Å². The van der Waals surface area contributed by atoms with Gasteiger partial charge in [0.05, 0.1) is 6.10 Å². The molecule has 3 aromatic rings. The fourth-order valence-electron chi connectivity index (χ4n) is 1.88. The number of anilines is 2. The van der Waals surface area contributed by atoms with Crippen molar-refractivity contribution in [2.24, 2.45) is 0 Å². The minimum atomic E-state index is -0.309. The van der Waals surface area contributed by atoms with E-state index in [1.807, 2.05) is 13.8 Å². The van der Waals surface area contributed by atoms with Crippen molar-refractivity contribution >= 4 is 11.6 Å². The molecule has 3 rings (SSSR count). The highest BCUT2D eigenvalue weighted by Crippen LogP contribution is 2.19. The zero-order valence-corrected chi connectivity index (χ0v) is 12.6. The van der Waals surface area contributed by atoms with E-state index in [0.29, 0.717) is 23.3 Å². The van der Waals surface area contributed by atoms with E-state index in [-0.39, 0.29) is 11.9 Å². The molecule has 1 N–H and O–H groups in total. The Labute approximate surface area is 132 Å². The highest BCUT2D eigenvalue weighted by atomic mass is 19.1. The predicted molar refractivity (Wildman–Crippen MR) is 82.4 cm³/mol. The van der Waals surface area contributed by atoms with Crippen molar-refractivity contribution in [1.82, 2.24) is 24.7 Å². The van der Waals surface area contributed by atoms with E-state index in [0.717, 1.165) is 0 Å². The van der Waals surface area contributed by atoms with Gasteiger partial charge in [-0.25, -0.2) is 14.1 Å². The second-order valence-corrected chi connectivity index (χ2v) is 5.03. The van der Waals surface area contributed by atoms with Crippen LogP contribution in [0.2, 0.25) is 0 Å². The van der Waals surface area contributed by atoms with Crippen molar-refractivity contribution in [2.45, 2.75) is 20.0 Å². The summed E-state index contributed by atoms with van der Waals surface area (Å²) in [5, 5.41) is 7.07. The Hall–Kier alpha value is -3.03. The minimum Gasteiger partial charge on any atom is -0.475 e. The van der Waals surface area contributed by atoms with Crippen molar-refractivity contribution < 1.29 is 9.13 Å². The van der Waals surface area contributed by atoms with Gasteiger partial charge in [-0.3, -0.25) is 0 Å². The van der Waals surface area contributed by atoms with Crippen molar-refractivity contribution in [3.8, 4) is 11.7 Å². The maximum atomic E-state index is 13.0. The molecule has 0 atom stereocenters. The van der Waals surface area contributed by atoms with Gasteiger partial charge in [-0.05, 0) is 38.1 Å². The van der Waals surface area contributed by atoms with E-state index >= 15 is 0 Å². The van der Waals surface area contributed by atoms with Crippen molar-refractivity contribution in [3.63, 3.8) is 0 Å². The van der Waals surface area contributed by atoms with Gasteiger partial charge in [0, 0.05) is 11.8 Å². The number of benzene rings is 1. The zero-order valence-electron chi connectivity index (χ0n) is 12.6. The number of ether oxygens (including phenoxy) is 1. The van der Waals surface area contributed by atoms with Gasteiger partial charge < -0.3 is 10.1 Å². The molecule has 0 bridgehead atoms. The number of halogens is 1. The number of aromatic nitrogens is 5. The summed E-state index contributed by atoms with van der Waals surface area (Å²) in [5.41, 5.74) is 0.664. The largest absolute Gasteiger partial charge is 0.475 e. The van der Waals surface area contributed by atoms with Crippen LogP contribution in [0.5, 0.6) is 5.88 Å². The molecule has 0 aliphatic rings. The quantitative estimate of drug-likeness (QED) is 0.780. The Balaban J connectivity index is 1.94. The standard InChI is InChI=1S/C15H15FN6O/c1-10(2)23-14-7-13(22-9-17-8-18-22)20-15(21-14)19-12-5-3-11(16)4-6-12/h3-10H,1-2H3,(H,19,20,21). The number of nitrogens with zero attached hydrogens (tertiary/aromatic N) is 5. The first-order valence-corrected chi connectivity index (χ1v) is 7.03. The summed E-state index contributed by atoms with van der Waals surface area (Å²) in [6.45, 7) is 3.81. The average Bonchev–Trinajstić information content (AvgIpc) is 3.03. The first-order valence-electron chi connectivity index (χ1n) is 7.03. The third-order valence-electron chi connectivity index (χ3n) is 2.80. The summed E-state index contributed by atoms with van der Waals surface area (Å²) in [6.07, 6.45) is 2.91. The number of hydrogen-bond acceptors (Lipinski definition) is 6. The lowest BCUT2D eigenvalue weighted by molar-refractivity contribution is 0.232.